The van der Waals surface area contributed by atoms with Crippen LogP contribution in [0.5, 0.6) is 0 Å². The predicted octanol–water partition coefficient (Wildman–Crippen LogP) is 20.2. The van der Waals surface area contributed by atoms with Crippen molar-refractivity contribution in [3.05, 3.63) is 288 Å². The zero-order chi connectivity index (χ0) is 57.3. The van der Waals surface area contributed by atoms with Gasteiger partial charge in [0.2, 0.25) is 0 Å². The second-order valence-corrected chi connectivity index (χ2v) is 26.1. The summed E-state index contributed by atoms with van der Waals surface area (Å²) in [6.45, 7) is 30.0. The van der Waals surface area contributed by atoms with E-state index in [9.17, 15) is 0 Å². The molecule has 6 heteroatoms. The third-order valence-electron chi connectivity index (χ3n) is 17.2. The van der Waals surface area contributed by atoms with E-state index in [1.165, 1.54) is 44.5 Å². The van der Waals surface area contributed by atoms with Crippen molar-refractivity contribution in [2.75, 3.05) is 14.7 Å². The Kier molecular flexibility index (Phi) is 14.8. The average Bonchev–Trinajstić information content (AvgIpc) is 4.17. The molecule has 0 bridgehead atoms. The van der Waals surface area contributed by atoms with E-state index in [4.69, 9.17) is 4.98 Å². The van der Waals surface area contributed by atoms with Gasteiger partial charge in [0.25, 0.3) is 0 Å². The fourth-order valence-corrected chi connectivity index (χ4v) is 11.9. The van der Waals surface area contributed by atoms with Gasteiger partial charge in [0.1, 0.15) is 5.82 Å². The molecule has 0 saturated heterocycles. The Labute approximate surface area is 507 Å². The van der Waals surface area contributed by atoms with Gasteiger partial charge in [-0.1, -0.05) is 233 Å². The van der Waals surface area contributed by atoms with Gasteiger partial charge >= 0.3 is 0 Å². The van der Waals surface area contributed by atoms with E-state index in [0.29, 0.717) is 0 Å². The molecule has 0 radical (unpaired) electrons. The van der Waals surface area contributed by atoms with Crippen LogP contribution >= 0.6 is 0 Å². The van der Waals surface area contributed by atoms with Gasteiger partial charge in [-0.25, -0.2) is 4.98 Å². The van der Waals surface area contributed by atoms with Crippen LogP contribution in [0.25, 0.3) is 27.6 Å². The van der Waals surface area contributed by atoms with Gasteiger partial charge in [-0.3, -0.25) is 0 Å². The van der Waals surface area contributed by atoms with Gasteiger partial charge in [0.05, 0.1) is 0 Å². The molecular formula is C77H74N5Pt-3. The average molecular weight is 1260 g/mol. The third kappa shape index (κ3) is 10.5. The van der Waals surface area contributed by atoms with E-state index in [0.717, 1.165) is 67.4 Å². The number of hydrogen-bond acceptors (Lipinski definition) is 4. The van der Waals surface area contributed by atoms with E-state index in [2.05, 4.69) is 340 Å². The summed E-state index contributed by atoms with van der Waals surface area (Å²) in [6, 6.07) is 88.0. The molecule has 2 aromatic heterocycles. The van der Waals surface area contributed by atoms with Gasteiger partial charge < -0.3 is 19.3 Å². The number of fused-ring (bicyclic) bond motifs is 4. The quantitative estimate of drug-likeness (QED) is 0.0953. The zero-order valence-corrected chi connectivity index (χ0v) is 52.3. The number of nitrogens with zero attached hydrogens (tertiary/aromatic N) is 5. The molecule has 12 rings (SSSR count). The molecule has 5 nitrogen and oxygen atoms in total. The first-order valence-corrected chi connectivity index (χ1v) is 28.9. The van der Waals surface area contributed by atoms with Crippen molar-refractivity contribution in [1.82, 2.24) is 9.55 Å². The van der Waals surface area contributed by atoms with Gasteiger partial charge in [0.15, 0.2) is 0 Å². The Balaban J connectivity index is 0.00000721. The summed E-state index contributed by atoms with van der Waals surface area (Å²) < 4.78 is 2.33. The maximum Gasteiger partial charge on any atom is 0.135 e. The SMILES string of the molecule is CC(C)(C)c1cc(N2[CH-]N(c3cc(C(C)(C)C)cc(C(C)(C)C)c3)c3ccccc32)[c-]c(N(c2[c-]c3c(cc2)c2cc(C(C)(c4ccccc4)c4ccccc4)ccc2n3-c2cc(C(C)(C)c3ccccc3)ccn2)c2ccccc2)c1.[Pt]. The molecule has 1 aliphatic heterocycles. The van der Waals surface area contributed by atoms with Crippen LogP contribution in [-0.4, -0.2) is 9.55 Å². The molecule has 9 aromatic carbocycles. The molecular weight excluding hydrogens is 1190 g/mol. The molecule has 0 amide bonds. The number of anilines is 7. The van der Waals surface area contributed by atoms with Crippen molar-refractivity contribution in [1.29, 1.82) is 0 Å². The number of aromatic nitrogens is 2. The summed E-state index contributed by atoms with van der Waals surface area (Å²) in [6.07, 6.45) is 1.97. The van der Waals surface area contributed by atoms with Crippen LogP contribution < -0.4 is 14.7 Å². The molecule has 0 spiro atoms. The molecule has 1 aliphatic rings. The maximum atomic E-state index is 5.23. The number of para-hydroxylation sites is 3. The van der Waals surface area contributed by atoms with Gasteiger partial charge in [0, 0.05) is 66.4 Å². The van der Waals surface area contributed by atoms with E-state index >= 15 is 0 Å². The Bertz CT molecular complexity index is 4050. The maximum absolute atomic E-state index is 5.23. The number of hydrogen-bond donors (Lipinski definition) is 0. The predicted molar refractivity (Wildman–Crippen MR) is 346 cm³/mol. The third-order valence-corrected chi connectivity index (χ3v) is 17.2. The first-order valence-electron chi connectivity index (χ1n) is 28.9. The minimum Gasteiger partial charge on any atom is -0.493 e. The fraction of sp³-hybridized carbons (Fsp3) is 0.221. The fourth-order valence-electron chi connectivity index (χ4n) is 11.9. The van der Waals surface area contributed by atoms with E-state index in [1.54, 1.807) is 0 Å². The molecule has 11 aromatic rings. The standard InChI is InChI=1S/C77H74N5.Pt/c1-73(2,3)58-43-59(74(4,5)6)45-63(44-58)79-52-80(70-36-26-25-35-69(70)79)64-46-60(75(7,8)9)47-65(50-64)81(61-33-23-16-24-34-61)62-38-39-66-67-48-57(77(12,54-29-19-14-20-30-54)55-31-21-15-22-32-55)37-40-68(67)82(71(66)51-62)72-49-56(41-42-78-72)76(10,11)53-27-17-13-18-28-53;/h13-49,52H,1-12H3;/q-3;. The largest absolute Gasteiger partial charge is 0.493 e. The molecule has 0 saturated carbocycles. The summed E-state index contributed by atoms with van der Waals surface area (Å²) in [5, 5.41) is 2.22. The van der Waals surface area contributed by atoms with Crippen molar-refractivity contribution in [2.45, 2.75) is 110 Å². The van der Waals surface area contributed by atoms with E-state index in [1.807, 2.05) is 6.20 Å². The van der Waals surface area contributed by atoms with Crippen LogP contribution in [0.15, 0.2) is 225 Å². The molecule has 3 heterocycles. The molecule has 0 atom stereocenters. The van der Waals surface area contributed by atoms with Crippen LogP contribution in [0.3, 0.4) is 0 Å². The Morgan fingerprint density at radius 2 is 0.940 bits per heavy atom. The van der Waals surface area contributed by atoms with Crippen LogP contribution in [0.2, 0.25) is 0 Å². The van der Waals surface area contributed by atoms with Crippen molar-refractivity contribution < 1.29 is 21.1 Å². The number of benzene rings is 9. The summed E-state index contributed by atoms with van der Waals surface area (Å²) >= 11 is 0. The molecule has 83 heavy (non-hydrogen) atoms. The number of rotatable bonds is 11. The first-order chi connectivity index (χ1) is 39.2. The summed E-state index contributed by atoms with van der Waals surface area (Å²) in [5.74, 6) is 0.835. The second kappa shape index (κ2) is 21.6. The molecule has 0 N–H and O–H groups in total. The van der Waals surface area contributed by atoms with Crippen molar-refractivity contribution in [3.63, 3.8) is 0 Å². The monoisotopic (exact) mass is 1260 g/mol. The summed E-state index contributed by atoms with van der Waals surface area (Å²) in [7, 11) is 0. The summed E-state index contributed by atoms with van der Waals surface area (Å²) in [4.78, 5) is 12.3. The van der Waals surface area contributed by atoms with E-state index in [-0.39, 0.29) is 42.7 Å². The molecule has 0 fully saturated rings. The minimum atomic E-state index is -0.446. The smallest absolute Gasteiger partial charge is 0.135 e. The van der Waals surface area contributed by atoms with Gasteiger partial charge in [-0.05, 0) is 122 Å². The Hall–Kier alpha value is -7.98. The van der Waals surface area contributed by atoms with Gasteiger partial charge in [-0.15, -0.1) is 53.6 Å². The van der Waals surface area contributed by atoms with Crippen molar-refractivity contribution >= 4 is 61.6 Å². The first kappa shape index (κ1) is 56.9. The zero-order valence-electron chi connectivity index (χ0n) is 50.0. The topological polar surface area (TPSA) is 27.5 Å². The molecule has 420 valence electrons. The van der Waals surface area contributed by atoms with Crippen LogP contribution in [-0.2, 0) is 48.1 Å². The van der Waals surface area contributed by atoms with Gasteiger partial charge in [-0.2, -0.15) is 6.07 Å². The number of pyridine rings is 1. The van der Waals surface area contributed by atoms with Crippen LogP contribution in [0.1, 0.15) is 128 Å². The van der Waals surface area contributed by atoms with Crippen LogP contribution in [0.4, 0.5) is 39.8 Å². The van der Waals surface area contributed by atoms with Crippen molar-refractivity contribution in [3.8, 4) is 5.82 Å². The molecule has 0 unspecified atom stereocenters. The van der Waals surface area contributed by atoms with Crippen LogP contribution in [0, 0.1) is 18.8 Å². The molecule has 0 aliphatic carbocycles. The Morgan fingerprint density at radius 1 is 0.410 bits per heavy atom. The van der Waals surface area contributed by atoms with E-state index < -0.39 is 5.41 Å². The Morgan fingerprint density at radius 3 is 1.52 bits per heavy atom. The summed E-state index contributed by atoms with van der Waals surface area (Å²) in [5.41, 5.74) is 18.0. The second-order valence-electron chi connectivity index (χ2n) is 26.1. The minimum absolute atomic E-state index is 0. The normalized spacial score (nSPS) is 13.1. The van der Waals surface area contributed by atoms with Crippen molar-refractivity contribution in [2.24, 2.45) is 0 Å².